The van der Waals surface area contributed by atoms with Crippen LogP contribution >= 0.6 is 15.9 Å². The minimum Gasteiger partial charge on any atom is -0.371 e. The summed E-state index contributed by atoms with van der Waals surface area (Å²) >= 11 is 3.69. The highest BCUT2D eigenvalue weighted by atomic mass is 79.9. The minimum atomic E-state index is 0.0824. The fraction of sp³-hybridized carbons (Fsp3) is 0.600. The van der Waals surface area contributed by atoms with Crippen molar-refractivity contribution in [1.29, 1.82) is 0 Å². The number of anilines is 1. The number of piperidine rings is 1. The lowest BCUT2D eigenvalue weighted by molar-refractivity contribution is 0.253. The van der Waals surface area contributed by atoms with Gasteiger partial charge >= 0.3 is 0 Å². The zero-order valence-corrected chi connectivity index (χ0v) is 13.7. The van der Waals surface area contributed by atoms with Gasteiger partial charge in [-0.25, -0.2) is 0 Å². The van der Waals surface area contributed by atoms with E-state index in [1.807, 2.05) is 6.92 Å². The van der Waals surface area contributed by atoms with Gasteiger partial charge in [-0.2, -0.15) is 0 Å². The smallest absolute Gasteiger partial charge is 0.0510 e. The molecule has 0 amide bonds. The van der Waals surface area contributed by atoms with E-state index in [1.165, 1.54) is 37.2 Å². The monoisotopic (exact) mass is 325 g/mol. The second-order valence-corrected chi connectivity index (χ2v) is 6.50. The molecule has 0 unspecified atom stereocenters. The molecule has 2 rings (SSSR count). The maximum atomic E-state index is 5.93. The van der Waals surface area contributed by atoms with E-state index in [0.29, 0.717) is 6.04 Å². The molecule has 0 bridgehead atoms. The first-order valence-corrected chi connectivity index (χ1v) is 7.74. The van der Waals surface area contributed by atoms with Gasteiger partial charge in [-0.05, 0) is 73.5 Å². The van der Waals surface area contributed by atoms with Crippen molar-refractivity contribution in [3.63, 3.8) is 0 Å². The van der Waals surface area contributed by atoms with Gasteiger partial charge in [0.2, 0.25) is 0 Å². The average Bonchev–Trinajstić information content (AvgIpc) is 2.38. The molecule has 1 aliphatic rings. The van der Waals surface area contributed by atoms with Crippen molar-refractivity contribution in [3.05, 3.63) is 28.2 Å². The van der Waals surface area contributed by atoms with Gasteiger partial charge in [0.05, 0.1) is 5.69 Å². The van der Waals surface area contributed by atoms with Gasteiger partial charge in [-0.15, -0.1) is 0 Å². The van der Waals surface area contributed by atoms with Gasteiger partial charge < -0.3 is 15.5 Å². The van der Waals surface area contributed by atoms with Crippen LogP contribution in [0.1, 0.15) is 31.4 Å². The minimum absolute atomic E-state index is 0.0824. The predicted octanol–water partition coefficient (Wildman–Crippen LogP) is 3.00. The summed E-state index contributed by atoms with van der Waals surface area (Å²) in [5, 5.41) is 0. The van der Waals surface area contributed by atoms with Crippen LogP contribution in [0.25, 0.3) is 0 Å². The molecule has 1 heterocycles. The van der Waals surface area contributed by atoms with E-state index in [0.717, 1.165) is 4.47 Å². The van der Waals surface area contributed by atoms with Crippen molar-refractivity contribution < 1.29 is 0 Å². The molecule has 0 radical (unpaired) electrons. The number of nitrogens with zero attached hydrogens (tertiary/aromatic N) is 2. The van der Waals surface area contributed by atoms with Crippen molar-refractivity contribution in [2.45, 2.75) is 31.8 Å². The first-order chi connectivity index (χ1) is 8.99. The van der Waals surface area contributed by atoms with Gasteiger partial charge in [-0.1, -0.05) is 6.07 Å². The summed E-state index contributed by atoms with van der Waals surface area (Å²) < 4.78 is 1.14. The summed E-state index contributed by atoms with van der Waals surface area (Å²) in [6.07, 6.45) is 2.46. The molecule has 1 fully saturated rings. The molecule has 4 heteroatoms. The van der Waals surface area contributed by atoms with Crippen LogP contribution in [0.2, 0.25) is 0 Å². The van der Waals surface area contributed by atoms with Gasteiger partial charge in [0.1, 0.15) is 0 Å². The Labute approximate surface area is 124 Å². The summed E-state index contributed by atoms with van der Waals surface area (Å²) in [7, 11) is 4.39. The molecule has 0 aromatic heterocycles. The number of halogens is 1. The van der Waals surface area contributed by atoms with E-state index < -0.39 is 0 Å². The Morgan fingerprint density at radius 1 is 1.37 bits per heavy atom. The Bertz CT molecular complexity index is 425. The maximum absolute atomic E-state index is 5.93. The Hall–Kier alpha value is -0.580. The number of hydrogen-bond acceptors (Lipinski definition) is 3. The van der Waals surface area contributed by atoms with E-state index in [1.54, 1.807) is 0 Å². The van der Waals surface area contributed by atoms with Crippen LogP contribution in [-0.4, -0.2) is 38.1 Å². The number of likely N-dealkylation sites (tertiary alicyclic amines) is 1. The molecule has 1 aromatic rings. The quantitative estimate of drug-likeness (QED) is 0.927. The van der Waals surface area contributed by atoms with Crippen molar-refractivity contribution in [2.24, 2.45) is 5.73 Å². The fourth-order valence-corrected chi connectivity index (χ4v) is 3.35. The third kappa shape index (κ3) is 3.50. The Balaban J connectivity index is 2.12. The molecular formula is C15H24BrN3. The van der Waals surface area contributed by atoms with Crippen LogP contribution in [-0.2, 0) is 0 Å². The second-order valence-electron chi connectivity index (χ2n) is 5.64. The molecule has 1 aromatic carbocycles. The van der Waals surface area contributed by atoms with Gasteiger partial charge in [-0.3, -0.25) is 0 Å². The lowest BCUT2D eigenvalue weighted by atomic mass is 10.0. The van der Waals surface area contributed by atoms with E-state index in [2.05, 4.69) is 58.0 Å². The molecule has 3 nitrogen and oxygen atoms in total. The molecule has 0 saturated carbocycles. The lowest BCUT2D eigenvalue weighted by Gasteiger charge is -2.37. The fourth-order valence-electron chi connectivity index (χ4n) is 2.67. The zero-order chi connectivity index (χ0) is 14.0. The summed E-state index contributed by atoms with van der Waals surface area (Å²) in [6.45, 7) is 4.39. The Morgan fingerprint density at radius 3 is 2.53 bits per heavy atom. The molecule has 0 aliphatic carbocycles. The number of hydrogen-bond donors (Lipinski definition) is 1. The Morgan fingerprint density at radius 2 is 2.00 bits per heavy atom. The highest BCUT2D eigenvalue weighted by Crippen LogP contribution is 2.31. The van der Waals surface area contributed by atoms with E-state index in [4.69, 9.17) is 5.73 Å². The first-order valence-electron chi connectivity index (χ1n) is 6.95. The first kappa shape index (κ1) is 14.8. The molecule has 19 heavy (non-hydrogen) atoms. The number of rotatable bonds is 3. The van der Waals surface area contributed by atoms with Gasteiger partial charge in [0.25, 0.3) is 0 Å². The normalized spacial score (nSPS) is 19.4. The summed E-state index contributed by atoms with van der Waals surface area (Å²) in [5.74, 6) is 0. The van der Waals surface area contributed by atoms with Crippen molar-refractivity contribution in [1.82, 2.24) is 4.90 Å². The third-order valence-corrected chi connectivity index (χ3v) is 4.75. The van der Waals surface area contributed by atoms with Crippen LogP contribution in [0.4, 0.5) is 5.69 Å². The molecule has 0 spiro atoms. The molecule has 1 aliphatic heterocycles. The van der Waals surface area contributed by atoms with E-state index in [-0.39, 0.29) is 6.04 Å². The lowest BCUT2D eigenvalue weighted by Crippen LogP contribution is -2.42. The van der Waals surface area contributed by atoms with Gasteiger partial charge in [0, 0.05) is 23.6 Å². The summed E-state index contributed by atoms with van der Waals surface area (Å²) in [4.78, 5) is 4.81. The van der Waals surface area contributed by atoms with Crippen molar-refractivity contribution in [3.8, 4) is 0 Å². The number of nitrogens with two attached hydrogens (primary N) is 1. The molecule has 106 valence electrons. The summed E-state index contributed by atoms with van der Waals surface area (Å²) in [6, 6.07) is 7.18. The molecular weight excluding hydrogens is 302 g/mol. The largest absolute Gasteiger partial charge is 0.371 e. The zero-order valence-electron chi connectivity index (χ0n) is 12.1. The van der Waals surface area contributed by atoms with Crippen molar-refractivity contribution >= 4 is 21.6 Å². The van der Waals surface area contributed by atoms with E-state index >= 15 is 0 Å². The average molecular weight is 326 g/mol. The van der Waals surface area contributed by atoms with E-state index in [9.17, 15) is 0 Å². The highest BCUT2D eigenvalue weighted by Gasteiger charge is 2.22. The van der Waals surface area contributed by atoms with Gasteiger partial charge in [0.15, 0.2) is 0 Å². The predicted molar refractivity (Wildman–Crippen MR) is 85.7 cm³/mol. The SMILES string of the molecule is C[C@@H](N)c1ccc(N(C)C2CCN(C)CC2)c(Br)c1. The van der Waals surface area contributed by atoms with Crippen LogP contribution < -0.4 is 10.6 Å². The Kier molecular flexibility index (Phi) is 4.87. The maximum Gasteiger partial charge on any atom is 0.0510 e. The third-order valence-electron chi connectivity index (χ3n) is 4.11. The van der Waals surface area contributed by atoms with Crippen LogP contribution in [0.15, 0.2) is 22.7 Å². The summed E-state index contributed by atoms with van der Waals surface area (Å²) in [5.41, 5.74) is 8.36. The highest BCUT2D eigenvalue weighted by molar-refractivity contribution is 9.10. The van der Waals surface area contributed by atoms with Crippen LogP contribution in [0, 0.1) is 0 Å². The van der Waals surface area contributed by atoms with Crippen molar-refractivity contribution in [2.75, 3.05) is 32.1 Å². The standard InChI is InChI=1S/C15H24BrN3/c1-11(17)12-4-5-15(14(16)10-12)19(3)13-6-8-18(2)9-7-13/h4-5,10-11,13H,6-9,17H2,1-3H3/t11-/m1/s1. The van der Waals surface area contributed by atoms with Crippen LogP contribution in [0.5, 0.6) is 0 Å². The second kappa shape index (κ2) is 6.25. The number of benzene rings is 1. The van der Waals surface area contributed by atoms with Crippen LogP contribution in [0.3, 0.4) is 0 Å². The topological polar surface area (TPSA) is 32.5 Å². The molecule has 2 N–H and O–H groups in total. The molecule has 1 saturated heterocycles. The molecule has 1 atom stereocenters.